The number of thiophene rings is 1. The highest BCUT2D eigenvalue weighted by Crippen LogP contribution is 2.38. The van der Waals surface area contributed by atoms with E-state index in [1.54, 1.807) is 25.3 Å². The van der Waals surface area contributed by atoms with Crippen LogP contribution in [0.4, 0.5) is 15.5 Å². The molecule has 1 aromatic carbocycles. The number of anilines is 2. The van der Waals surface area contributed by atoms with Gasteiger partial charge in [0.15, 0.2) is 0 Å². The van der Waals surface area contributed by atoms with Crippen LogP contribution < -0.4 is 16.0 Å². The summed E-state index contributed by atoms with van der Waals surface area (Å²) < 4.78 is 4.99. The van der Waals surface area contributed by atoms with E-state index in [2.05, 4.69) is 16.0 Å². The number of carbonyl (C=O) groups excluding carboxylic acids is 2. The van der Waals surface area contributed by atoms with Gasteiger partial charge in [-0.25, -0.2) is 4.79 Å². The Hall–Kier alpha value is -1.80. The maximum Gasteiger partial charge on any atom is 0.324 e. The predicted molar refractivity (Wildman–Crippen MR) is 114 cm³/mol. The summed E-state index contributed by atoms with van der Waals surface area (Å²) in [4.78, 5) is 26.4. The number of halogens is 2. The molecule has 9 heteroatoms. The molecule has 0 bridgehead atoms. The number of methoxy groups -OCH3 is 1. The van der Waals surface area contributed by atoms with Crippen molar-refractivity contribution < 1.29 is 14.3 Å². The minimum Gasteiger partial charge on any atom is -0.383 e. The van der Waals surface area contributed by atoms with Gasteiger partial charge in [-0.05, 0) is 49.4 Å². The lowest BCUT2D eigenvalue weighted by Crippen LogP contribution is -2.29. The molecule has 1 aromatic heterocycles. The van der Waals surface area contributed by atoms with Gasteiger partial charge in [0.2, 0.25) is 0 Å². The van der Waals surface area contributed by atoms with E-state index in [4.69, 9.17) is 27.9 Å². The summed E-state index contributed by atoms with van der Waals surface area (Å²) in [5.41, 5.74) is 2.11. The van der Waals surface area contributed by atoms with Gasteiger partial charge < -0.3 is 15.4 Å². The van der Waals surface area contributed by atoms with Crippen molar-refractivity contribution in [3.8, 4) is 0 Å². The number of rotatable bonds is 6. The van der Waals surface area contributed by atoms with E-state index in [-0.39, 0.29) is 5.91 Å². The zero-order valence-corrected chi connectivity index (χ0v) is 17.7. The quantitative estimate of drug-likeness (QED) is 0.554. The van der Waals surface area contributed by atoms with Crippen LogP contribution >= 0.6 is 34.5 Å². The van der Waals surface area contributed by atoms with Crippen LogP contribution in [-0.4, -0.2) is 32.2 Å². The van der Waals surface area contributed by atoms with Gasteiger partial charge in [0.1, 0.15) is 5.00 Å². The third kappa shape index (κ3) is 4.97. The zero-order chi connectivity index (χ0) is 20.1. The Labute approximate surface area is 177 Å². The van der Waals surface area contributed by atoms with Crippen molar-refractivity contribution in [3.63, 3.8) is 0 Å². The number of fused-ring (bicyclic) bond motifs is 1. The van der Waals surface area contributed by atoms with E-state index < -0.39 is 6.03 Å². The summed E-state index contributed by atoms with van der Waals surface area (Å²) in [6.45, 7) is 0.841. The van der Waals surface area contributed by atoms with Crippen molar-refractivity contribution in [2.45, 2.75) is 25.7 Å². The summed E-state index contributed by atoms with van der Waals surface area (Å²) in [5.74, 6) is -0.193. The number of carbonyl (C=O) groups is 2. The molecule has 6 nitrogen and oxygen atoms in total. The van der Waals surface area contributed by atoms with Gasteiger partial charge in [-0.3, -0.25) is 10.1 Å². The highest BCUT2D eigenvalue weighted by molar-refractivity contribution is 7.17. The van der Waals surface area contributed by atoms with Crippen molar-refractivity contribution in [1.82, 2.24) is 5.32 Å². The summed E-state index contributed by atoms with van der Waals surface area (Å²) in [5, 5.41) is 9.71. The van der Waals surface area contributed by atoms with E-state index in [0.29, 0.717) is 39.4 Å². The van der Waals surface area contributed by atoms with Crippen LogP contribution in [0.5, 0.6) is 0 Å². The molecule has 1 aliphatic carbocycles. The fourth-order valence-corrected chi connectivity index (χ4v) is 4.67. The van der Waals surface area contributed by atoms with Gasteiger partial charge >= 0.3 is 6.03 Å². The van der Waals surface area contributed by atoms with Gasteiger partial charge in [0.05, 0.1) is 22.2 Å². The Morgan fingerprint density at radius 1 is 1.14 bits per heavy atom. The fourth-order valence-electron chi connectivity index (χ4n) is 3.09. The molecule has 1 heterocycles. The molecule has 0 aliphatic heterocycles. The fraction of sp³-hybridized carbons (Fsp3) is 0.368. The third-order valence-corrected chi connectivity index (χ3v) is 6.34. The molecule has 150 valence electrons. The molecule has 0 saturated carbocycles. The number of nitrogens with one attached hydrogen (secondary N) is 3. The first-order valence-electron chi connectivity index (χ1n) is 8.94. The molecule has 3 rings (SSSR count). The van der Waals surface area contributed by atoms with Gasteiger partial charge in [-0.15, -0.1) is 11.3 Å². The Balaban J connectivity index is 1.78. The van der Waals surface area contributed by atoms with Gasteiger partial charge in [-0.2, -0.15) is 0 Å². The Morgan fingerprint density at radius 2 is 1.93 bits per heavy atom. The average Bonchev–Trinajstić information content (AvgIpc) is 3.02. The predicted octanol–water partition coefficient (Wildman–Crippen LogP) is 4.95. The summed E-state index contributed by atoms with van der Waals surface area (Å²) in [7, 11) is 1.58. The van der Waals surface area contributed by atoms with E-state index in [0.717, 1.165) is 36.1 Å². The molecule has 0 atom stereocenters. The average molecular weight is 442 g/mol. The van der Waals surface area contributed by atoms with Crippen LogP contribution in [-0.2, 0) is 17.6 Å². The minimum atomic E-state index is -0.442. The van der Waals surface area contributed by atoms with Crippen molar-refractivity contribution >= 4 is 57.2 Å². The Morgan fingerprint density at radius 3 is 2.68 bits per heavy atom. The van der Waals surface area contributed by atoms with Crippen molar-refractivity contribution in [2.24, 2.45) is 0 Å². The summed E-state index contributed by atoms with van der Waals surface area (Å²) >= 11 is 13.4. The molecule has 3 N–H and O–H groups in total. The molecule has 3 amide bonds. The van der Waals surface area contributed by atoms with Crippen LogP contribution in [0.15, 0.2) is 18.2 Å². The second-order valence-corrected chi connectivity index (χ2v) is 8.29. The van der Waals surface area contributed by atoms with Crippen LogP contribution in [0.3, 0.4) is 0 Å². The third-order valence-electron chi connectivity index (χ3n) is 4.39. The lowest BCUT2D eigenvalue weighted by Gasteiger charge is -2.13. The monoisotopic (exact) mass is 441 g/mol. The molecule has 0 spiro atoms. The Bertz CT molecular complexity index is 886. The number of urea groups is 1. The maximum atomic E-state index is 12.7. The molecule has 0 fully saturated rings. The van der Waals surface area contributed by atoms with E-state index in [1.807, 2.05) is 0 Å². The van der Waals surface area contributed by atoms with E-state index in [1.165, 1.54) is 11.3 Å². The number of hydrogen-bond donors (Lipinski definition) is 3. The Kier molecular flexibility index (Phi) is 7.18. The normalized spacial score (nSPS) is 13.0. The first-order chi connectivity index (χ1) is 13.5. The maximum absolute atomic E-state index is 12.7. The van der Waals surface area contributed by atoms with Crippen molar-refractivity contribution in [1.29, 1.82) is 0 Å². The van der Waals surface area contributed by atoms with Crippen LogP contribution in [0.25, 0.3) is 0 Å². The lowest BCUT2D eigenvalue weighted by atomic mass is 9.95. The molecule has 0 unspecified atom stereocenters. The molecule has 2 aromatic rings. The van der Waals surface area contributed by atoms with E-state index >= 15 is 0 Å². The van der Waals surface area contributed by atoms with Crippen LogP contribution in [0.2, 0.25) is 10.0 Å². The highest BCUT2D eigenvalue weighted by atomic mass is 35.5. The molecule has 1 aliphatic rings. The highest BCUT2D eigenvalue weighted by Gasteiger charge is 2.26. The summed E-state index contributed by atoms with van der Waals surface area (Å²) in [6, 6.07) is 4.40. The molecule has 0 radical (unpaired) electrons. The topological polar surface area (TPSA) is 79.5 Å². The number of aryl methyl sites for hydroxylation is 1. The second kappa shape index (κ2) is 9.60. The van der Waals surface area contributed by atoms with Gasteiger partial charge in [-0.1, -0.05) is 23.2 Å². The first kappa shape index (κ1) is 20.9. The standard InChI is InChI=1S/C19H21Cl2N3O3S/c1-27-9-8-22-17(25)16-12-4-2-3-5-15(12)28-18(16)24-19(26)23-11-6-7-13(20)14(21)10-11/h6-7,10H,2-5,8-9H2,1H3,(H,22,25)(H2,23,24,26). The molecular formula is C19H21Cl2N3O3S. The van der Waals surface area contributed by atoms with Crippen molar-refractivity contribution in [2.75, 3.05) is 30.9 Å². The first-order valence-corrected chi connectivity index (χ1v) is 10.5. The van der Waals surface area contributed by atoms with Crippen molar-refractivity contribution in [3.05, 3.63) is 44.2 Å². The number of ether oxygens (including phenoxy) is 1. The zero-order valence-electron chi connectivity index (χ0n) is 15.4. The number of hydrogen-bond acceptors (Lipinski definition) is 4. The molecule has 28 heavy (non-hydrogen) atoms. The molecule has 0 saturated heterocycles. The molecular weight excluding hydrogens is 421 g/mol. The summed E-state index contributed by atoms with van der Waals surface area (Å²) in [6.07, 6.45) is 3.90. The van der Waals surface area contributed by atoms with Crippen LogP contribution in [0, 0.1) is 0 Å². The van der Waals surface area contributed by atoms with Gasteiger partial charge in [0, 0.05) is 24.2 Å². The SMILES string of the molecule is COCCNC(=O)c1c(NC(=O)Nc2ccc(Cl)c(Cl)c2)sc2c1CCCC2. The number of amides is 3. The lowest BCUT2D eigenvalue weighted by molar-refractivity contribution is 0.0937. The smallest absolute Gasteiger partial charge is 0.324 e. The van der Waals surface area contributed by atoms with E-state index in [9.17, 15) is 9.59 Å². The second-order valence-electron chi connectivity index (χ2n) is 6.37. The minimum absolute atomic E-state index is 0.193. The van der Waals surface area contributed by atoms with Crippen LogP contribution in [0.1, 0.15) is 33.6 Å². The number of benzene rings is 1. The largest absolute Gasteiger partial charge is 0.383 e. The van der Waals surface area contributed by atoms with Gasteiger partial charge in [0.25, 0.3) is 5.91 Å².